The number of carbonyl (C=O) groups is 2. The highest BCUT2D eigenvalue weighted by atomic mass is 19.1. The van der Waals surface area contributed by atoms with Gasteiger partial charge in [-0.1, -0.05) is 36.4 Å². The SMILES string of the molecule is CC(=O)N1c2ccccc2C[C@H]1C(=O)NCC(O)c1ccccc1F. The predicted molar refractivity (Wildman–Crippen MR) is 91.5 cm³/mol. The molecule has 0 fully saturated rings. The quantitative estimate of drug-likeness (QED) is 0.892. The molecule has 0 saturated carbocycles. The van der Waals surface area contributed by atoms with E-state index in [1.54, 1.807) is 12.1 Å². The number of benzene rings is 2. The number of aliphatic hydroxyl groups is 1. The zero-order chi connectivity index (χ0) is 18.0. The van der Waals surface area contributed by atoms with Crippen molar-refractivity contribution in [3.05, 3.63) is 65.5 Å². The van der Waals surface area contributed by atoms with Crippen molar-refractivity contribution in [3.8, 4) is 0 Å². The van der Waals surface area contributed by atoms with Crippen molar-refractivity contribution in [1.82, 2.24) is 5.32 Å². The van der Waals surface area contributed by atoms with E-state index in [4.69, 9.17) is 0 Å². The number of para-hydroxylation sites is 1. The van der Waals surface area contributed by atoms with Crippen LogP contribution in [0.2, 0.25) is 0 Å². The van der Waals surface area contributed by atoms with Gasteiger partial charge in [-0.15, -0.1) is 0 Å². The fourth-order valence-corrected chi connectivity index (χ4v) is 3.16. The van der Waals surface area contributed by atoms with E-state index in [2.05, 4.69) is 5.32 Å². The lowest BCUT2D eigenvalue weighted by molar-refractivity contribution is -0.125. The van der Waals surface area contributed by atoms with Crippen LogP contribution in [0.1, 0.15) is 24.2 Å². The van der Waals surface area contributed by atoms with Crippen molar-refractivity contribution in [2.75, 3.05) is 11.4 Å². The number of fused-ring (bicyclic) bond motifs is 1. The third-order valence-corrected chi connectivity index (χ3v) is 4.35. The lowest BCUT2D eigenvalue weighted by atomic mass is 10.1. The fraction of sp³-hybridized carbons (Fsp3) is 0.263. The standard InChI is InChI=1S/C19H19FN2O3/c1-12(23)22-16-9-5-2-6-13(16)10-17(22)19(25)21-11-18(24)14-7-3-4-8-15(14)20/h2-9,17-18,24H,10-11H2,1H3,(H,21,25)/t17-,18?/m0/s1. The number of rotatable bonds is 4. The summed E-state index contributed by atoms with van der Waals surface area (Å²) in [5.41, 5.74) is 1.78. The van der Waals surface area contributed by atoms with Gasteiger partial charge < -0.3 is 10.4 Å². The first-order valence-electron chi connectivity index (χ1n) is 8.07. The van der Waals surface area contributed by atoms with Crippen LogP contribution in [0.4, 0.5) is 10.1 Å². The number of nitrogens with zero attached hydrogens (tertiary/aromatic N) is 1. The summed E-state index contributed by atoms with van der Waals surface area (Å²) in [6, 6.07) is 12.6. The van der Waals surface area contributed by atoms with E-state index in [1.165, 1.54) is 30.0 Å². The topological polar surface area (TPSA) is 69.6 Å². The van der Waals surface area contributed by atoms with E-state index < -0.39 is 18.0 Å². The number of hydrogen-bond donors (Lipinski definition) is 2. The second-order valence-corrected chi connectivity index (χ2v) is 6.02. The molecule has 5 nitrogen and oxygen atoms in total. The Morgan fingerprint density at radius 2 is 1.92 bits per heavy atom. The van der Waals surface area contributed by atoms with Crippen LogP contribution in [-0.4, -0.2) is 29.5 Å². The van der Waals surface area contributed by atoms with Crippen molar-refractivity contribution in [3.63, 3.8) is 0 Å². The first-order valence-corrected chi connectivity index (χ1v) is 8.07. The molecule has 130 valence electrons. The van der Waals surface area contributed by atoms with E-state index in [-0.39, 0.29) is 23.9 Å². The van der Waals surface area contributed by atoms with Gasteiger partial charge in [-0.25, -0.2) is 4.39 Å². The third kappa shape index (κ3) is 3.39. The van der Waals surface area contributed by atoms with Gasteiger partial charge in [0.05, 0.1) is 6.10 Å². The van der Waals surface area contributed by atoms with Crippen molar-refractivity contribution in [2.24, 2.45) is 0 Å². The summed E-state index contributed by atoms with van der Waals surface area (Å²) >= 11 is 0. The molecule has 6 heteroatoms. The summed E-state index contributed by atoms with van der Waals surface area (Å²) in [5, 5.41) is 12.7. The van der Waals surface area contributed by atoms with Gasteiger partial charge in [0.1, 0.15) is 11.9 Å². The summed E-state index contributed by atoms with van der Waals surface area (Å²) in [7, 11) is 0. The minimum Gasteiger partial charge on any atom is -0.386 e. The Balaban J connectivity index is 1.69. The molecular formula is C19H19FN2O3. The molecule has 2 aromatic rings. The fourth-order valence-electron chi connectivity index (χ4n) is 3.16. The average Bonchev–Trinajstić information content (AvgIpc) is 2.99. The van der Waals surface area contributed by atoms with Crippen LogP contribution < -0.4 is 10.2 Å². The van der Waals surface area contributed by atoms with Crippen LogP contribution in [0.5, 0.6) is 0 Å². The summed E-state index contributed by atoms with van der Waals surface area (Å²) in [5.74, 6) is -1.12. The molecule has 0 aliphatic carbocycles. The molecule has 1 heterocycles. The number of hydrogen-bond acceptors (Lipinski definition) is 3. The first kappa shape index (κ1) is 17.1. The predicted octanol–water partition coefficient (Wildman–Crippen LogP) is 1.95. The van der Waals surface area contributed by atoms with Crippen LogP contribution in [0, 0.1) is 5.82 Å². The van der Waals surface area contributed by atoms with Gasteiger partial charge in [-0.05, 0) is 17.7 Å². The number of carbonyl (C=O) groups excluding carboxylic acids is 2. The normalized spacial score (nSPS) is 17.1. The van der Waals surface area contributed by atoms with E-state index in [9.17, 15) is 19.1 Å². The van der Waals surface area contributed by atoms with Crippen LogP contribution in [0.3, 0.4) is 0 Å². The molecule has 0 aromatic heterocycles. The first-order chi connectivity index (χ1) is 12.0. The van der Waals surface area contributed by atoms with Crippen molar-refractivity contribution >= 4 is 17.5 Å². The molecule has 0 bridgehead atoms. The molecule has 0 saturated heterocycles. The van der Waals surface area contributed by atoms with E-state index in [1.807, 2.05) is 18.2 Å². The maximum absolute atomic E-state index is 13.7. The summed E-state index contributed by atoms with van der Waals surface area (Å²) in [6.07, 6.45) is -0.739. The molecule has 2 N–H and O–H groups in total. The molecular weight excluding hydrogens is 323 g/mol. The summed E-state index contributed by atoms with van der Waals surface area (Å²) in [4.78, 5) is 26.0. The van der Waals surface area contributed by atoms with Gasteiger partial charge in [0.25, 0.3) is 0 Å². The average molecular weight is 342 g/mol. The monoisotopic (exact) mass is 342 g/mol. The van der Waals surface area contributed by atoms with E-state index in [0.717, 1.165) is 11.3 Å². The van der Waals surface area contributed by atoms with Crippen molar-refractivity contribution in [1.29, 1.82) is 0 Å². The Labute approximate surface area is 145 Å². The minimum absolute atomic E-state index is 0.126. The van der Waals surface area contributed by atoms with Gasteiger partial charge in [-0.2, -0.15) is 0 Å². The van der Waals surface area contributed by atoms with Crippen molar-refractivity contribution in [2.45, 2.75) is 25.5 Å². The number of halogens is 1. The second-order valence-electron chi connectivity index (χ2n) is 6.02. The van der Waals surface area contributed by atoms with Gasteiger partial charge >= 0.3 is 0 Å². The Bertz CT molecular complexity index is 809. The Morgan fingerprint density at radius 3 is 2.64 bits per heavy atom. The Hall–Kier alpha value is -2.73. The van der Waals surface area contributed by atoms with Crippen LogP contribution in [0.25, 0.3) is 0 Å². The maximum Gasteiger partial charge on any atom is 0.243 e. The molecule has 0 radical (unpaired) electrons. The van der Waals surface area contributed by atoms with Crippen LogP contribution in [0.15, 0.2) is 48.5 Å². The maximum atomic E-state index is 13.7. The minimum atomic E-state index is -1.15. The number of amides is 2. The molecule has 1 unspecified atom stereocenters. The van der Waals surface area contributed by atoms with Crippen LogP contribution in [-0.2, 0) is 16.0 Å². The zero-order valence-corrected chi connectivity index (χ0v) is 13.8. The van der Waals surface area contributed by atoms with Gasteiger partial charge in [0, 0.05) is 31.1 Å². The largest absolute Gasteiger partial charge is 0.386 e. The Kier molecular flexibility index (Phi) is 4.81. The molecule has 1 aliphatic heterocycles. The molecule has 1 aliphatic rings. The number of anilines is 1. The molecule has 2 amide bonds. The highest BCUT2D eigenvalue weighted by Gasteiger charge is 2.36. The second kappa shape index (κ2) is 7.03. The van der Waals surface area contributed by atoms with Crippen molar-refractivity contribution < 1.29 is 19.1 Å². The van der Waals surface area contributed by atoms with Gasteiger partial charge in [0.15, 0.2) is 0 Å². The molecule has 2 atom stereocenters. The van der Waals surface area contributed by atoms with Gasteiger partial charge in [0.2, 0.25) is 11.8 Å². The molecule has 25 heavy (non-hydrogen) atoms. The smallest absolute Gasteiger partial charge is 0.243 e. The highest BCUT2D eigenvalue weighted by Crippen LogP contribution is 2.32. The van der Waals surface area contributed by atoms with Crippen LogP contribution >= 0.6 is 0 Å². The zero-order valence-electron chi connectivity index (χ0n) is 13.8. The van der Waals surface area contributed by atoms with E-state index in [0.29, 0.717) is 6.42 Å². The highest BCUT2D eigenvalue weighted by molar-refractivity contribution is 6.02. The number of nitrogens with one attached hydrogen (secondary N) is 1. The Morgan fingerprint density at radius 1 is 1.24 bits per heavy atom. The summed E-state index contributed by atoms with van der Waals surface area (Å²) in [6.45, 7) is 1.29. The van der Waals surface area contributed by atoms with E-state index >= 15 is 0 Å². The third-order valence-electron chi connectivity index (χ3n) is 4.35. The lowest BCUT2D eigenvalue weighted by Gasteiger charge is -2.24. The molecule has 2 aromatic carbocycles. The summed E-state index contributed by atoms with van der Waals surface area (Å²) < 4.78 is 13.7. The molecule has 3 rings (SSSR count). The number of aliphatic hydroxyl groups excluding tert-OH is 1. The lowest BCUT2D eigenvalue weighted by Crippen LogP contribution is -2.48. The molecule has 0 spiro atoms. The van der Waals surface area contributed by atoms with Gasteiger partial charge in [-0.3, -0.25) is 14.5 Å².